The third-order valence-electron chi connectivity index (χ3n) is 3.18. The van der Waals surface area contributed by atoms with Crippen LogP contribution in [0.5, 0.6) is 5.75 Å². The van der Waals surface area contributed by atoms with E-state index in [1.807, 2.05) is 32.9 Å². The van der Waals surface area contributed by atoms with Crippen molar-refractivity contribution in [3.05, 3.63) is 39.2 Å². The molecule has 1 heterocycles. The van der Waals surface area contributed by atoms with Gasteiger partial charge in [0, 0.05) is 0 Å². The monoisotopic (exact) mass is 246 g/mol. The standard InChI is InChI=1S/C15H18O3/c1-4-5-6-11-13(16)12-8-9(2)7-10(3)14(12)18-15(11)17/h7-8,16H,4-6H2,1-3H3. The minimum atomic E-state index is -0.416. The van der Waals surface area contributed by atoms with E-state index in [0.717, 1.165) is 24.0 Å². The maximum absolute atomic E-state index is 11.9. The van der Waals surface area contributed by atoms with Crippen LogP contribution in [0.15, 0.2) is 21.3 Å². The van der Waals surface area contributed by atoms with Crippen molar-refractivity contribution in [2.75, 3.05) is 0 Å². The van der Waals surface area contributed by atoms with Gasteiger partial charge in [0.05, 0.1) is 10.9 Å². The van der Waals surface area contributed by atoms with Crippen molar-refractivity contribution in [3.8, 4) is 5.75 Å². The fourth-order valence-corrected chi connectivity index (χ4v) is 2.25. The van der Waals surface area contributed by atoms with Crippen molar-refractivity contribution in [1.29, 1.82) is 0 Å². The number of aromatic hydroxyl groups is 1. The summed E-state index contributed by atoms with van der Waals surface area (Å²) < 4.78 is 5.34. The molecule has 1 aromatic heterocycles. The average Bonchev–Trinajstić information content (AvgIpc) is 2.31. The lowest BCUT2D eigenvalue weighted by Gasteiger charge is -2.08. The molecule has 18 heavy (non-hydrogen) atoms. The molecule has 0 spiro atoms. The van der Waals surface area contributed by atoms with Gasteiger partial charge in [0.25, 0.3) is 0 Å². The Hall–Kier alpha value is -1.77. The lowest BCUT2D eigenvalue weighted by Crippen LogP contribution is -2.08. The largest absolute Gasteiger partial charge is 0.507 e. The normalized spacial score (nSPS) is 11.1. The molecule has 0 saturated carbocycles. The van der Waals surface area contributed by atoms with Crippen LogP contribution in [0.2, 0.25) is 0 Å². The fraction of sp³-hybridized carbons (Fsp3) is 0.400. The van der Waals surface area contributed by atoms with E-state index in [2.05, 4.69) is 0 Å². The van der Waals surface area contributed by atoms with E-state index in [-0.39, 0.29) is 5.75 Å². The third kappa shape index (κ3) is 2.13. The van der Waals surface area contributed by atoms with Crippen LogP contribution in [0.4, 0.5) is 0 Å². The van der Waals surface area contributed by atoms with Crippen LogP contribution < -0.4 is 5.63 Å². The van der Waals surface area contributed by atoms with Gasteiger partial charge in [0.15, 0.2) is 0 Å². The Kier molecular flexibility index (Phi) is 3.41. The Morgan fingerprint density at radius 1 is 1.28 bits per heavy atom. The van der Waals surface area contributed by atoms with E-state index in [1.165, 1.54) is 0 Å². The van der Waals surface area contributed by atoms with E-state index in [4.69, 9.17) is 4.42 Å². The SMILES string of the molecule is CCCCc1c(O)c2cc(C)cc(C)c2oc1=O. The summed E-state index contributed by atoms with van der Waals surface area (Å²) in [6, 6.07) is 3.80. The zero-order valence-electron chi connectivity index (χ0n) is 11.0. The van der Waals surface area contributed by atoms with Crippen LogP contribution >= 0.6 is 0 Å². The van der Waals surface area contributed by atoms with E-state index in [0.29, 0.717) is 23.0 Å². The molecular weight excluding hydrogens is 228 g/mol. The number of hydrogen-bond donors (Lipinski definition) is 1. The van der Waals surface area contributed by atoms with Crippen LogP contribution in [0.1, 0.15) is 36.5 Å². The van der Waals surface area contributed by atoms with E-state index >= 15 is 0 Å². The van der Waals surface area contributed by atoms with Crippen molar-refractivity contribution < 1.29 is 9.52 Å². The Morgan fingerprint density at radius 3 is 2.67 bits per heavy atom. The topological polar surface area (TPSA) is 50.4 Å². The summed E-state index contributed by atoms with van der Waals surface area (Å²) in [5, 5.41) is 10.9. The number of fused-ring (bicyclic) bond motifs is 1. The minimum absolute atomic E-state index is 0.0847. The van der Waals surface area contributed by atoms with Gasteiger partial charge in [0.1, 0.15) is 11.3 Å². The van der Waals surface area contributed by atoms with Gasteiger partial charge < -0.3 is 9.52 Å². The lowest BCUT2D eigenvalue weighted by atomic mass is 10.0. The first-order valence-corrected chi connectivity index (χ1v) is 6.30. The molecular formula is C15H18O3. The number of aryl methyl sites for hydroxylation is 2. The molecule has 3 heteroatoms. The molecule has 3 nitrogen and oxygen atoms in total. The molecule has 0 saturated heterocycles. The third-order valence-corrected chi connectivity index (χ3v) is 3.18. The molecule has 0 aliphatic carbocycles. The summed E-state index contributed by atoms with van der Waals surface area (Å²) in [6.45, 7) is 5.89. The smallest absolute Gasteiger partial charge is 0.343 e. The van der Waals surface area contributed by atoms with Crippen molar-refractivity contribution in [3.63, 3.8) is 0 Å². The lowest BCUT2D eigenvalue weighted by molar-refractivity contribution is 0.454. The first-order valence-electron chi connectivity index (χ1n) is 6.30. The molecule has 0 aliphatic heterocycles. The maximum atomic E-state index is 11.9. The summed E-state index contributed by atoms with van der Waals surface area (Å²) in [4.78, 5) is 11.9. The highest BCUT2D eigenvalue weighted by Crippen LogP contribution is 2.30. The predicted molar refractivity (Wildman–Crippen MR) is 72.2 cm³/mol. The Bertz CT molecular complexity index is 638. The molecule has 2 aromatic rings. The molecule has 1 N–H and O–H groups in total. The van der Waals surface area contributed by atoms with Crippen LogP contribution in [0, 0.1) is 13.8 Å². The second-order valence-corrected chi connectivity index (χ2v) is 4.78. The predicted octanol–water partition coefficient (Wildman–Crippen LogP) is 3.46. The Balaban J connectivity index is 2.72. The van der Waals surface area contributed by atoms with Gasteiger partial charge in [-0.25, -0.2) is 4.79 Å². The number of rotatable bonds is 3. The maximum Gasteiger partial charge on any atom is 0.343 e. The van der Waals surface area contributed by atoms with E-state index in [1.54, 1.807) is 0 Å². The Labute approximate surface area is 106 Å². The van der Waals surface area contributed by atoms with Crippen LogP contribution in [0.3, 0.4) is 0 Å². The number of hydrogen-bond acceptors (Lipinski definition) is 3. The highest BCUT2D eigenvalue weighted by atomic mass is 16.4. The number of benzene rings is 1. The molecule has 0 aliphatic rings. The van der Waals surface area contributed by atoms with Crippen molar-refractivity contribution in [2.24, 2.45) is 0 Å². The van der Waals surface area contributed by atoms with Gasteiger partial charge in [-0.2, -0.15) is 0 Å². The van der Waals surface area contributed by atoms with Crippen LogP contribution in [-0.2, 0) is 6.42 Å². The molecule has 0 fully saturated rings. The highest BCUT2D eigenvalue weighted by molar-refractivity contribution is 5.87. The van der Waals surface area contributed by atoms with Crippen molar-refractivity contribution in [2.45, 2.75) is 40.0 Å². The van der Waals surface area contributed by atoms with Gasteiger partial charge in [0.2, 0.25) is 0 Å². The van der Waals surface area contributed by atoms with Crippen molar-refractivity contribution >= 4 is 11.0 Å². The summed E-state index contributed by atoms with van der Waals surface area (Å²) in [5.41, 5.74) is 2.39. The molecule has 96 valence electrons. The first-order chi connectivity index (χ1) is 8.54. The van der Waals surface area contributed by atoms with E-state index in [9.17, 15) is 9.90 Å². The average molecular weight is 246 g/mol. The molecule has 0 atom stereocenters. The second-order valence-electron chi connectivity index (χ2n) is 4.78. The molecule has 2 rings (SSSR count). The molecule has 1 aromatic carbocycles. The zero-order chi connectivity index (χ0) is 13.3. The van der Waals surface area contributed by atoms with E-state index < -0.39 is 5.63 Å². The number of unbranched alkanes of at least 4 members (excludes halogenated alkanes) is 1. The summed E-state index contributed by atoms with van der Waals surface area (Å²) in [6.07, 6.45) is 2.41. The van der Waals surface area contributed by atoms with Gasteiger partial charge in [-0.05, 0) is 43.9 Å². The second kappa shape index (κ2) is 4.84. The van der Waals surface area contributed by atoms with Gasteiger partial charge in [-0.1, -0.05) is 19.4 Å². The molecule has 0 amide bonds. The summed E-state index contributed by atoms with van der Waals surface area (Å²) in [7, 11) is 0. The van der Waals surface area contributed by atoms with Gasteiger partial charge >= 0.3 is 5.63 Å². The molecule has 0 radical (unpaired) electrons. The van der Waals surface area contributed by atoms with Gasteiger partial charge in [-0.3, -0.25) is 0 Å². The first kappa shape index (κ1) is 12.7. The van der Waals surface area contributed by atoms with Crippen LogP contribution in [0.25, 0.3) is 11.0 Å². The molecule has 0 bridgehead atoms. The minimum Gasteiger partial charge on any atom is -0.507 e. The highest BCUT2D eigenvalue weighted by Gasteiger charge is 2.14. The van der Waals surface area contributed by atoms with Crippen molar-refractivity contribution in [1.82, 2.24) is 0 Å². The summed E-state index contributed by atoms with van der Waals surface area (Å²) in [5.74, 6) is 0.0847. The molecule has 0 unspecified atom stereocenters. The van der Waals surface area contributed by atoms with Crippen LogP contribution in [-0.4, -0.2) is 5.11 Å². The Morgan fingerprint density at radius 2 is 2.00 bits per heavy atom. The fourth-order valence-electron chi connectivity index (χ4n) is 2.25. The summed E-state index contributed by atoms with van der Waals surface area (Å²) >= 11 is 0. The zero-order valence-corrected chi connectivity index (χ0v) is 11.0. The van der Waals surface area contributed by atoms with Gasteiger partial charge in [-0.15, -0.1) is 0 Å². The quantitative estimate of drug-likeness (QED) is 0.844.